The topological polar surface area (TPSA) is 34.2 Å². The van der Waals surface area contributed by atoms with Gasteiger partial charge in [-0.25, -0.2) is 0 Å². The number of nitrogens with one attached hydrogen (secondary N) is 1. The van der Waals surface area contributed by atoms with E-state index in [-0.39, 0.29) is 11.5 Å². The molecule has 1 aromatic heterocycles. The molecule has 1 aliphatic carbocycles. The lowest BCUT2D eigenvalue weighted by molar-refractivity contribution is -0.0414. The zero-order chi connectivity index (χ0) is 15.5. The van der Waals surface area contributed by atoms with Crippen LogP contribution in [0.15, 0.2) is 18.3 Å². The van der Waals surface area contributed by atoms with E-state index in [4.69, 9.17) is 4.74 Å². The summed E-state index contributed by atoms with van der Waals surface area (Å²) in [5.74, 6) is 0.455. The van der Waals surface area contributed by atoms with Gasteiger partial charge < -0.3 is 10.1 Å². The van der Waals surface area contributed by atoms with E-state index in [1.807, 2.05) is 12.3 Å². The Balaban J connectivity index is 2.30. The van der Waals surface area contributed by atoms with Crippen molar-refractivity contribution in [1.29, 1.82) is 0 Å². The number of pyridine rings is 1. The minimum absolute atomic E-state index is 0.111. The molecule has 3 atom stereocenters. The molecule has 1 aliphatic rings. The maximum Gasteiger partial charge on any atom is 0.0782 e. The molecule has 3 heteroatoms. The van der Waals surface area contributed by atoms with Gasteiger partial charge in [0.1, 0.15) is 0 Å². The lowest BCUT2D eigenvalue weighted by Crippen LogP contribution is -2.51. The molecule has 118 valence electrons. The van der Waals surface area contributed by atoms with Gasteiger partial charge in [-0.3, -0.25) is 4.98 Å². The van der Waals surface area contributed by atoms with Crippen LogP contribution in [0.25, 0.3) is 0 Å². The number of fused-ring (bicyclic) bond motifs is 1. The van der Waals surface area contributed by atoms with Crippen LogP contribution in [0.3, 0.4) is 0 Å². The maximum absolute atomic E-state index is 6.16. The van der Waals surface area contributed by atoms with Gasteiger partial charge in [-0.2, -0.15) is 0 Å². The Labute approximate surface area is 129 Å². The van der Waals surface area contributed by atoms with E-state index in [2.05, 4.69) is 51.0 Å². The summed E-state index contributed by atoms with van der Waals surface area (Å²) in [6, 6.07) is 4.59. The standard InChI is InChI=1S/C18H30N2O/c1-6-19-16(17(21-7-2)18(3,4)5)14-11-10-13-9-8-12-20-15(13)14/h8-9,12,14,16-17,19H,6-7,10-11H2,1-5H3. The van der Waals surface area contributed by atoms with Crippen LogP contribution >= 0.6 is 0 Å². The number of aryl methyl sites for hydroxylation is 1. The first-order chi connectivity index (χ1) is 9.99. The first-order valence-corrected chi connectivity index (χ1v) is 8.27. The van der Waals surface area contributed by atoms with Crippen LogP contribution in [-0.2, 0) is 11.2 Å². The normalized spacial score (nSPS) is 21.1. The van der Waals surface area contributed by atoms with Crippen molar-refractivity contribution in [2.75, 3.05) is 13.2 Å². The molecule has 0 saturated carbocycles. The summed E-state index contributed by atoms with van der Waals surface area (Å²) in [4.78, 5) is 4.67. The summed E-state index contributed by atoms with van der Waals surface area (Å²) in [6.45, 7) is 12.8. The largest absolute Gasteiger partial charge is 0.376 e. The van der Waals surface area contributed by atoms with E-state index >= 15 is 0 Å². The van der Waals surface area contributed by atoms with Crippen LogP contribution in [0.2, 0.25) is 0 Å². The first-order valence-electron chi connectivity index (χ1n) is 8.27. The molecular formula is C18H30N2O. The second-order valence-corrected chi connectivity index (χ2v) is 7.02. The van der Waals surface area contributed by atoms with Crippen LogP contribution < -0.4 is 5.32 Å². The fraction of sp³-hybridized carbons (Fsp3) is 0.722. The Bertz CT molecular complexity index is 453. The Morgan fingerprint density at radius 1 is 1.38 bits per heavy atom. The number of hydrogen-bond donors (Lipinski definition) is 1. The fourth-order valence-corrected chi connectivity index (χ4v) is 3.56. The van der Waals surface area contributed by atoms with Crippen molar-refractivity contribution in [2.45, 2.75) is 65.5 Å². The molecule has 1 N–H and O–H groups in total. The average molecular weight is 290 g/mol. The van der Waals surface area contributed by atoms with Gasteiger partial charge in [0.25, 0.3) is 0 Å². The van der Waals surface area contributed by atoms with E-state index in [0.717, 1.165) is 19.6 Å². The molecule has 0 saturated heterocycles. The highest BCUT2D eigenvalue weighted by Gasteiger charge is 2.40. The van der Waals surface area contributed by atoms with Gasteiger partial charge in [0.2, 0.25) is 0 Å². The molecule has 1 heterocycles. The van der Waals surface area contributed by atoms with Crippen molar-refractivity contribution < 1.29 is 4.74 Å². The zero-order valence-corrected chi connectivity index (χ0v) is 14.1. The van der Waals surface area contributed by atoms with Crippen LogP contribution in [0.4, 0.5) is 0 Å². The SMILES string of the molecule is CCNC(C1CCc2cccnc21)C(OCC)C(C)(C)C. The summed E-state index contributed by atoms with van der Waals surface area (Å²) < 4.78 is 6.16. The van der Waals surface area contributed by atoms with Crippen LogP contribution in [0, 0.1) is 5.41 Å². The van der Waals surface area contributed by atoms with Crippen molar-refractivity contribution in [3.05, 3.63) is 29.6 Å². The second-order valence-electron chi connectivity index (χ2n) is 7.02. The van der Waals surface area contributed by atoms with Crippen LogP contribution in [0.1, 0.15) is 58.2 Å². The Hall–Kier alpha value is -0.930. The third kappa shape index (κ3) is 3.64. The zero-order valence-electron chi connectivity index (χ0n) is 14.1. The molecule has 0 spiro atoms. The number of nitrogens with zero attached hydrogens (tertiary/aromatic N) is 1. The van der Waals surface area contributed by atoms with Crippen LogP contribution in [0.5, 0.6) is 0 Å². The molecule has 2 rings (SSSR count). The number of likely N-dealkylation sites (N-methyl/N-ethyl adjacent to an activating group) is 1. The molecule has 0 aromatic carbocycles. The second kappa shape index (κ2) is 6.89. The highest BCUT2D eigenvalue weighted by Crippen LogP contribution is 2.39. The van der Waals surface area contributed by atoms with E-state index in [1.165, 1.54) is 17.7 Å². The maximum atomic E-state index is 6.16. The highest BCUT2D eigenvalue weighted by molar-refractivity contribution is 5.30. The van der Waals surface area contributed by atoms with Crippen molar-refractivity contribution in [2.24, 2.45) is 5.41 Å². The van der Waals surface area contributed by atoms with Crippen molar-refractivity contribution in [3.8, 4) is 0 Å². The van der Waals surface area contributed by atoms with E-state index < -0.39 is 0 Å². The lowest BCUT2D eigenvalue weighted by atomic mass is 9.78. The highest BCUT2D eigenvalue weighted by atomic mass is 16.5. The molecule has 0 aliphatic heterocycles. The summed E-state index contributed by atoms with van der Waals surface area (Å²) in [6.07, 6.45) is 4.43. The fourth-order valence-electron chi connectivity index (χ4n) is 3.56. The van der Waals surface area contributed by atoms with Crippen molar-refractivity contribution in [1.82, 2.24) is 10.3 Å². The summed E-state index contributed by atoms with van der Waals surface area (Å²) in [5.41, 5.74) is 2.80. The van der Waals surface area contributed by atoms with Gasteiger partial charge in [0.15, 0.2) is 0 Å². The number of aromatic nitrogens is 1. The number of hydrogen-bond acceptors (Lipinski definition) is 3. The summed E-state index contributed by atoms with van der Waals surface area (Å²) in [7, 11) is 0. The summed E-state index contributed by atoms with van der Waals surface area (Å²) >= 11 is 0. The lowest BCUT2D eigenvalue weighted by Gasteiger charge is -2.40. The molecule has 3 nitrogen and oxygen atoms in total. The Morgan fingerprint density at radius 3 is 2.76 bits per heavy atom. The molecule has 0 radical (unpaired) electrons. The van der Waals surface area contributed by atoms with Crippen molar-refractivity contribution >= 4 is 0 Å². The number of ether oxygens (including phenoxy) is 1. The Kier molecular flexibility index (Phi) is 5.39. The quantitative estimate of drug-likeness (QED) is 0.870. The minimum atomic E-state index is 0.111. The molecule has 0 bridgehead atoms. The summed E-state index contributed by atoms with van der Waals surface area (Å²) in [5, 5.41) is 3.69. The molecule has 1 aromatic rings. The molecular weight excluding hydrogens is 260 g/mol. The average Bonchev–Trinajstić information content (AvgIpc) is 2.85. The Morgan fingerprint density at radius 2 is 2.14 bits per heavy atom. The molecule has 3 unspecified atom stereocenters. The van der Waals surface area contributed by atoms with Gasteiger partial charge >= 0.3 is 0 Å². The van der Waals surface area contributed by atoms with Gasteiger partial charge in [0.05, 0.1) is 6.10 Å². The number of rotatable bonds is 6. The van der Waals surface area contributed by atoms with Gasteiger partial charge in [-0.15, -0.1) is 0 Å². The first kappa shape index (κ1) is 16.4. The minimum Gasteiger partial charge on any atom is -0.376 e. The van der Waals surface area contributed by atoms with Gasteiger partial charge in [-0.05, 0) is 43.4 Å². The van der Waals surface area contributed by atoms with Gasteiger partial charge in [-0.1, -0.05) is 33.8 Å². The third-order valence-corrected chi connectivity index (χ3v) is 4.40. The van der Waals surface area contributed by atoms with E-state index in [0.29, 0.717) is 12.0 Å². The van der Waals surface area contributed by atoms with Crippen LogP contribution in [-0.4, -0.2) is 30.3 Å². The molecule has 0 fully saturated rings. The van der Waals surface area contributed by atoms with Crippen molar-refractivity contribution in [3.63, 3.8) is 0 Å². The van der Waals surface area contributed by atoms with E-state index in [9.17, 15) is 0 Å². The predicted octanol–water partition coefficient (Wildman–Crippen LogP) is 3.54. The monoisotopic (exact) mass is 290 g/mol. The third-order valence-electron chi connectivity index (χ3n) is 4.40. The molecule has 21 heavy (non-hydrogen) atoms. The van der Waals surface area contributed by atoms with E-state index in [1.54, 1.807) is 0 Å². The molecule has 0 amide bonds. The van der Waals surface area contributed by atoms with Gasteiger partial charge in [0, 0.05) is 30.5 Å². The predicted molar refractivity (Wildman–Crippen MR) is 87.6 cm³/mol. The smallest absolute Gasteiger partial charge is 0.0782 e.